The molecule has 1 aliphatic heterocycles. The number of nitrogens with one attached hydrogen (secondary N) is 1. The predicted octanol–water partition coefficient (Wildman–Crippen LogP) is 2.27. The SMILES string of the molecule is CCN1CCCC1CN=C(N)NCCc1ccccc1Cl. The first-order valence-corrected chi connectivity index (χ1v) is 8.09. The monoisotopic (exact) mass is 308 g/mol. The molecule has 4 nitrogen and oxygen atoms in total. The first kappa shape index (κ1) is 16.1. The number of guanidine groups is 1. The van der Waals surface area contributed by atoms with E-state index in [1.807, 2.05) is 24.3 Å². The molecule has 116 valence electrons. The van der Waals surface area contributed by atoms with Gasteiger partial charge in [0.05, 0.1) is 6.54 Å². The van der Waals surface area contributed by atoms with Crippen LogP contribution < -0.4 is 11.1 Å². The van der Waals surface area contributed by atoms with Crippen LogP contribution in [0.15, 0.2) is 29.3 Å². The highest BCUT2D eigenvalue weighted by atomic mass is 35.5. The minimum Gasteiger partial charge on any atom is -0.370 e. The lowest BCUT2D eigenvalue weighted by Crippen LogP contribution is -2.36. The molecule has 1 aliphatic rings. The second kappa shape index (κ2) is 8.25. The quantitative estimate of drug-likeness (QED) is 0.626. The molecular weight excluding hydrogens is 284 g/mol. The summed E-state index contributed by atoms with van der Waals surface area (Å²) >= 11 is 6.12. The number of nitrogens with two attached hydrogens (primary N) is 1. The summed E-state index contributed by atoms with van der Waals surface area (Å²) in [5, 5.41) is 3.97. The fourth-order valence-electron chi connectivity index (χ4n) is 2.80. The second-order valence-corrected chi connectivity index (χ2v) is 5.83. The van der Waals surface area contributed by atoms with Crippen molar-refractivity contribution in [3.05, 3.63) is 34.9 Å². The van der Waals surface area contributed by atoms with Crippen molar-refractivity contribution in [1.29, 1.82) is 0 Å². The van der Waals surface area contributed by atoms with Crippen LogP contribution in [0.1, 0.15) is 25.3 Å². The number of benzene rings is 1. The number of likely N-dealkylation sites (tertiary alicyclic amines) is 1. The zero-order valence-corrected chi connectivity index (χ0v) is 13.4. The van der Waals surface area contributed by atoms with Crippen LogP contribution in [-0.2, 0) is 6.42 Å². The Balaban J connectivity index is 1.73. The summed E-state index contributed by atoms with van der Waals surface area (Å²) in [7, 11) is 0. The normalized spacial score (nSPS) is 19.9. The van der Waals surface area contributed by atoms with Crippen LogP contribution >= 0.6 is 11.6 Å². The molecule has 1 heterocycles. The number of rotatable bonds is 6. The van der Waals surface area contributed by atoms with E-state index in [9.17, 15) is 0 Å². The molecule has 0 radical (unpaired) electrons. The first-order valence-electron chi connectivity index (χ1n) is 7.72. The van der Waals surface area contributed by atoms with Crippen LogP contribution in [-0.4, -0.2) is 43.1 Å². The third-order valence-electron chi connectivity index (χ3n) is 4.04. The highest BCUT2D eigenvalue weighted by Crippen LogP contribution is 2.16. The van der Waals surface area contributed by atoms with Gasteiger partial charge in [0.2, 0.25) is 0 Å². The number of nitrogens with zero attached hydrogens (tertiary/aromatic N) is 2. The molecule has 0 aliphatic carbocycles. The molecule has 5 heteroatoms. The summed E-state index contributed by atoms with van der Waals surface area (Å²) < 4.78 is 0. The van der Waals surface area contributed by atoms with Crippen molar-refractivity contribution in [3.63, 3.8) is 0 Å². The van der Waals surface area contributed by atoms with Gasteiger partial charge in [0.15, 0.2) is 5.96 Å². The van der Waals surface area contributed by atoms with Gasteiger partial charge in [0.25, 0.3) is 0 Å². The van der Waals surface area contributed by atoms with Crippen molar-refractivity contribution in [2.75, 3.05) is 26.2 Å². The third-order valence-corrected chi connectivity index (χ3v) is 4.40. The van der Waals surface area contributed by atoms with Crippen LogP contribution in [0.4, 0.5) is 0 Å². The van der Waals surface area contributed by atoms with Crippen molar-refractivity contribution in [2.45, 2.75) is 32.2 Å². The molecule has 3 N–H and O–H groups in total. The Labute approximate surface area is 132 Å². The van der Waals surface area contributed by atoms with Crippen LogP contribution in [0, 0.1) is 0 Å². The summed E-state index contributed by atoms with van der Waals surface area (Å²) in [6, 6.07) is 8.44. The molecule has 1 unspecified atom stereocenters. The van der Waals surface area contributed by atoms with Crippen molar-refractivity contribution in [1.82, 2.24) is 10.2 Å². The van der Waals surface area contributed by atoms with Gasteiger partial charge in [-0.25, -0.2) is 0 Å². The van der Waals surface area contributed by atoms with Gasteiger partial charge in [0.1, 0.15) is 0 Å². The molecule has 0 amide bonds. The lowest BCUT2D eigenvalue weighted by molar-refractivity contribution is 0.273. The molecule has 0 spiro atoms. The van der Waals surface area contributed by atoms with Gasteiger partial charge in [-0.1, -0.05) is 36.7 Å². The molecule has 1 aromatic carbocycles. The van der Waals surface area contributed by atoms with E-state index in [-0.39, 0.29) is 0 Å². The zero-order valence-electron chi connectivity index (χ0n) is 12.7. The molecule has 0 aromatic heterocycles. The van der Waals surface area contributed by atoms with Crippen molar-refractivity contribution >= 4 is 17.6 Å². The van der Waals surface area contributed by atoms with E-state index in [2.05, 4.69) is 22.1 Å². The number of aliphatic imine (C=N–C) groups is 1. The van der Waals surface area contributed by atoms with Crippen molar-refractivity contribution < 1.29 is 0 Å². The Morgan fingerprint density at radius 2 is 2.29 bits per heavy atom. The molecule has 0 saturated carbocycles. The first-order chi connectivity index (χ1) is 10.2. The number of hydrogen-bond acceptors (Lipinski definition) is 2. The van der Waals surface area contributed by atoms with E-state index in [4.69, 9.17) is 17.3 Å². The van der Waals surface area contributed by atoms with Gasteiger partial charge in [-0.15, -0.1) is 0 Å². The van der Waals surface area contributed by atoms with Crippen LogP contribution in [0.5, 0.6) is 0 Å². The Morgan fingerprint density at radius 3 is 3.05 bits per heavy atom. The van der Waals surface area contributed by atoms with Gasteiger partial charge in [-0.05, 0) is 44.0 Å². The Kier molecular flexibility index (Phi) is 6.33. The van der Waals surface area contributed by atoms with Gasteiger partial charge in [-0.2, -0.15) is 0 Å². The lowest BCUT2D eigenvalue weighted by Gasteiger charge is -2.20. The molecule has 1 aromatic rings. The van der Waals surface area contributed by atoms with Gasteiger partial charge in [0, 0.05) is 17.6 Å². The average Bonchev–Trinajstić information content (AvgIpc) is 2.94. The summed E-state index contributed by atoms with van der Waals surface area (Å²) in [6.45, 7) is 6.03. The van der Waals surface area contributed by atoms with E-state index in [1.165, 1.54) is 19.4 Å². The van der Waals surface area contributed by atoms with Crippen LogP contribution in [0.25, 0.3) is 0 Å². The Morgan fingerprint density at radius 1 is 1.48 bits per heavy atom. The van der Waals surface area contributed by atoms with E-state index in [0.717, 1.165) is 36.6 Å². The lowest BCUT2D eigenvalue weighted by atomic mass is 10.1. The topological polar surface area (TPSA) is 53.6 Å². The van der Waals surface area contributed by atoms with Crippen LogP contribution in [0.3, 0.4) is 0 Å². The summed E-state index contributed by atoms with van der Waals surface area (Å²) in [6.07, 6.45) is 3.35. The fraction of sp³-hybridized carbons (Fsp3) is 0.562. The highest BCUT2D eigenvalue weighted by Gasteiger charge is 2.22. The molecule has 0 bridgehead atoms. The largest absolute Gasteiger partial charge is 0.370 e. The standard InChI is InChI=1S/C16H25ClN4/c1-2-21-11-5-7-14(21)12-20-16(18)19-10-9-13-6-3-4-8-15(13)17/h3-4,6,8,14H,2,5,7,9-12H2,1H3,(H3,18,19,20). The van der Waals surface area contributed by atoms with E-state index >= 15 is 0 Å². The molecule has 2 rings (SSSR count). The smallest absolute Gasteiger partial charge is 0.188 e. The maximum atomic E-state index is 6.12. The van der Waals surface area contributed by atoms with Crippen molar-refractivity contribution in [3.8, 4) is 0 Å². The van der Waals surface area contributed by atoms with Gasteiger partial charge < -0.3 is 11.1 Å². The Bertz CT molecular complexity index is 475. The second-order valence-electron chi connectivity index (χ2n) is 5.42. The van der Waals surface area contributed by atoms with Gasteiger partial charge in [-0.3, -0.25) is 9.89 Å². The van der Waals surface area contributed by atoms with Crippen molar-refractivity contribution in [2.24, 2.45) is 10.7 Å². The summed E-state index contributed by atoms with van der Waals surface area (Å²) in [5.74, 6) is 0.532. The number of halogens is 1. The molecular formula is C16H25ClN4. The van der Waals surface area contributed by atoms with E-state index < -0.39 is 0 Å². The van der Waals surface area contributed by atoms with Gasteiger partial charge >= 0.3 is 0 Å². The zero-order chi connectivity index (χ0) is 15.1. The third kappa shape index (κ3) is 4.90. The molecule has 1 saturated heterocycles. The molecule has 1 atom stereocenters. The number of likely N-dealkylation sites (N-methyl/N-ethyl adjacent to an activating group) is 1. The highest BCUT2D eigenvalue weighted by molar-refractivity contribution is 6.31. The van der Waals surface area contributed by atoms with E-state index in [1.54, 1.807) is 0 Å². The maximum Gasteiger partial charge on any atom is 0.188 e. The molecule has 1 fully saturated rings. The average molecular weight is 309 g/mol. The van der Waals surface area contributed by atoms with E-state index in [0.29, 0.717) is 12.0 Å². The maximum absolute atomic E-state index is 6.12. The molecule has 21 heavy (non-hydrogen) atoms. The predicted molar refractivity (Wildman–Crippen MR) is 89.9 cm³/mol. The summed E-state index contributed by atoms with van der Waals surface area (Å²) in [4.78, 5) is 6.94. The minimum atomic E-state index is 0.532. The minimum absolute atomic E-state index is 0.532. The fourth-order valence-corrected chi connectivity index (χ4v) is 3.03. The summed E-state index contributed by atoms with van der Waals surface area (Å²) in [5.41, 5.74) is 7.06. The van der Waals surface area contributed by atoms with Crippen LogP contribution in [0.2, 0.25) is 5.02 Å². The number of hydrogen-bond donors (Lipinski definition) is 2. The Hall–Kier alpha value is -1.26.